The Kier molecular flexibility index (Phi) is 2.98. The maximum atomic E-state index is 12.7. The zero-order valence-corrected chi connectivity index (χ0v) is 12.3. The highest BCUT2D eigenvalue weighted by Gasteiger charge is 2.13. The van der Waals surface area contributed by atoms with Crippen molar-refractivity contribution in [2.45, 2.75) is 6.54 Å². The number of H-pyrrole nitrogens is 1. The second-order valence-corrected chi connectivity index (χ2v) is 5.58. The maximum Gasteiger partial charge on any atom is 0.277 e. The topological polar surface area (TPSA) is 50.7 Å². The molecule has 2 heterocycles. The predicted molar refractivity (Wildman–Crippen MR) is 88.4 cm³/mol. The average molecular weight is 310 g/mol. The molecular weight excluding hydrogens is 298 g/mol. The van der Waals surface area contributed by atoms with E-state index < -0.39 is 0 Å². The van der Waals surface area contributed by atoms with Crippen molar-refractivity contribution in [1.82, 2.24) is 14.5 Å². The number of nitrogens with one attached hydrogen (secondary N) is 1. The largest absolute Gasteiger partial charge is 0.349 e. The quantitative estimate of drug-likeness (QED) is 0.615. The molecule has 4 rings (SSSR count). The van der Waals surface area contributed by atoms with E-state index in [2.05, 4.69) is 9.97 Å². The Hall–Kier alpha value is -2.59. The van der Waals surface area contributed by atoms with E-state index in [-0.39, 0.29) is 5.56 Å². The van der Waals surface area contributed by atoms with Crippen LogP contribution in [0.5, 0.6) is 0 Å². The van der Waals surface area contributed by atoms with Crippen molar-refractivity contribution >= 4 is 33.5 Å². The Morgan fingerprint density at radius 1 is 1.09 bits per heavy atom. The van der Waals surface area contributed by atoms with E-state index in [0.29, 0.717) is 22.6 Å². The van der Waals surface area contributed by atoms with Crippen molar-refractivity contribution in [1.29, 1.82) is 0 Å². The van der Waals surface area contributed by atoms with Crippen molar-refractivity contribution in [3.63, 3.8) is 0 Å². The van der Waals surface area contributed by atoms with Crippen LogP contribution in [0.25, 0.3) is 21.9 Å². The molecule has 1 N–H and O–H groups in total. The van der Waals surface area contributed by atoms with Crippen LogP contribution >= 0.6 is 11.6 Å². The van der Waals surface area contributed by atoms with E-state index in [0.717, 1.165) is 16.5 Å². The van der Waals surface area contributed by atoms with E-state index in [1.54, 1.807) is 17.0 Å². The van der Waals surface area contributed by atoms with Gasteiger partial charge in [0.25, 0.3) is 5.56 Å². The first-order valence-corrected chi connectivity index (χ1v) is 7.31. The fraction of sp³-hybridized carbons (Fsp3) is 0.0588. The summed E-state index contributed by atoms with van der Waals surface area (Å²) in [6.45, 7) is 0.492. The summed E-state index contributed by atoms with van der Waals surface area (Å²) in [7, 11) is 0. The minimum absolute atomic E-state index is 0.0962. The molecule has 0 saturated carbocycles. The lowest BCUT2D eigenvalue weighted by Crippen LogP contribution is -2.21. The Bertz CT molecular complexity index is 1030. The van der Waals surface area contributed by atoms with E-state index in [1.165, 1.54) is 0 Å². The second-order valence-electron chi connectivity index (χ2n) is 5.17. The van der Waals surface area contributed by atoms with E-state index in [4.69, 9.17) is 11.6 Å². The number of benzene rings is 2. The summed E-state index contributed by atoms with van der Waals surface area (Å²) in [4.78, 5) is 20.2. The molecule has 0 aliphatic carbocycles. The monoisotopic (exact) mass is 309 g/mol. The normalized spacial score (nSPS) is 11.3. The number of aromatic amines is 1. The summed E-state index contributed by atoms with van der Waals surface area (Å²) in [5.41, 5.74) is 2.89. The molecule has 2 aromatic heterocycles. The van der Waals surface area contributed by atoms with Gasteiger partial charge in [0, 0.05) is 10.9 Å². The van der Waals surface area contributed by atoms with Gasteiger partial charge < -0.3 is 4.98 Å². The lowest BCUT2D eigenvalue weighted by Gasteiger charge is -2.05. The van der Waals surface area contributed by atoms with E-state index >= 15 is 0 Å². The number of fused-ring (bicyclic) bond motifs is 3. The highest BCUT2D eigenvalue weighted by atomic mass is 35.5. The van der Waals surface area contributed by atoms with Gasteiger partial charge in [-0.05, 0) is 17.7 Å². The first kappa shape index (κ1) is 13.1. The van der Waals surface area contributed by atoms with Crippen LogP contribution in [0, 0.1) is 0 Å². The molecule has 22 heavy (non-hydrogen) atoms. The Labute approximate surface area is 131 Å². The van der Waals surface area contributed by atoms with Gasteiger partial charge in [0.2, 0.25) is 0 Å². The molecule has 0 amide bonds. The first-order valence-electron chi connectivity index (χ1n) is 6.93. The molecule has 0 spiro atoms. The summed E-state index contributed by atoms with van der Waals surface area (Å²) in [5, 5.41) is 1.39. The fourth-order valence-corrected chi connectivity index (χ4v) is 2.95. The predicted octanol–water partition coefficient (Wildman–Crippen LogP) is 3.58. The van der Waals surface area contributed by atoms with Crippen molar-refractivity contribution < 1.29 is 0 Å². The number of hydrogen-bond donors (Lipinski definition) is 1. The van der Waals surface area contributed by atoms with Crippen molar-refractivity contribution in [2.75, 3.05) is 0 Å². The minimum atomic E-state index is -0.0962. The van der Waals surface area contributed by atoms with Gasteiger partial charge in [0.05, 0.1) is 17.9 Å². The van der Waals surface area contributed by atoms with E-state index in [1.807, 2.05) is 42.5 Å². The van der Waals surface area contributed by atoms with Gasteiger partial charge in [-0.2, -0.15) is 0 Å². The van der Waals surface area contributed by atoms with Crippen molar-refractivity contribution in [2.24, 2.45) is 0 Å². The molecular formula is C17H12ClN3O. The molecule has 5 heteroatoms. The van der Waals surface area contributed by atoms with E-state index in [9.17, 15) is 4.79 Å². The Morgan fingerprint density at radius 2 is 1.91 bits per heavy atom. The number of halogens is 1. The van der Waals surface area contributed by atoms with Crippen LogP contribution in [0.15, 0.2) is 59.7 Å². The molecule has 0 unspecified atom stereocenters. The number of rotatable bonds is 2. The average Bonchev–Trinajstić information content (AvgIpc) is 2.92. The minimum Gasteiger partial charge on any atom is -0.349 e. The van der Waals surface area contributed by atoms with Gasteiger partial charge in [0.15, 0.2) is 0 Å². The SMILES string of the molecule is O=c1c2[nH]c3cccc(Cl)c3c2ncn1Cc1ccccc1. The van der Waals surface area contributed by atoms with Gasteiger partial charge in [-0.25, -0.2) is 4.98 Å². The number of aromatic nitrogens is 3. The smallest absolute Gasteiger partial charge is 0.277 e. The molecule has 0 radical (unpaired) electrons. The molecule has 108 valence electrons. The third-order valence-corrected chi connectivity index (χ3v) is 4.06. The van der Waals surface area contributed by atoms with Crippen LogP contribution in [0.4, 0.5) is 0 Å². The number of nitrogens with zero attached hydrogens (tertiary/aromatic N) is 2. The zero-order valence-electron chi connectivity index (χ0n) is 11.6. The zero-order chi connectivity index (χ0) is 15.1. The lowest BCUT2D eigenvalue weighted by atomic mass is 10.2. The molecule has 2 aromatic carbocycles. The Morgan fingerprint density at radius 3 is 2.73 bits per heavy atom. The standard InChI is InChI=1S/C17H12ClN3O/c18-12-7-4-8-13-14(12)15-16(20-13)17(22)21(10-19-15)9-11-5-2-1-3-6-11/h1-8,10,20H,9H2. The number of hydrogen-bond acceptors (Lipinski definition) is 2. The van der Waals surface area contributed by atoms with Gasteiger partial charge in [-0.1, -0.05) is 48.0 Å². The second kappa shape index (κ2) is 5.00. The molecule has 0 saturated heterocycles. The van der Waals surface area contributed by atoms with Crippen LogP contribution in [0.1, 0.15) is 5.56 Å². The van der Waals surface area contributed by atoms with Gasteiger partial charge in [-0.3, -0.25) is 9.36 Å². The molecule has 0 bridgehead atoms. The van der Waals surface area contributed by atoms with Crippen molar-refractivity contribution in [3.05, 3.63) is 75.8 Å². The van der Waals surface area contributed by atoms with Gasteiger partial charge in [-0.15, -0.1) is 0 Å². The molecule has 0 atom stereocenters. The molecule has 0 aliphatic heterocycles. The van der Waals surface area contributed by atoms with Gasteiger partial charge in [0.1, 0.15) is 11.0 Å². The highest BCUT2D eigenvalue weighted by Crippen LogP contribution is 2.28. The van der Waals surface area contributed by atoms with Crippen LogP contribution in [0.2, 0.25) is 5.02 Å². The summed E-state index contributed by atoms with van der Waals surface area (Å²) in [6.07, 6.45) is 1.58. The fourth-order valence-electron chi connectivity index (χ4n) is 2.69. The molecule has 0 aliphatic rings. The van der Waals surface area contributed by atoms with Gasteiger partial charge >= 0.3 is 0 Å². The molecule has 4 aromatic rings. The Balaban J connectivity index is 1.93. The molecule has 4 nitrogen and oxygen atoms in total. The third-order valence-electron chi connectivity index (χ3n) is 3.74. The van der Waals surface area contributed by atoms with Crippen LogP contribution in [-0.4, -0.2) is 14.5 Å². The maximum absolute atomic E-state index is 12.7. The van der Waals surface area contributed by atoms with Crippen LogP contribution < -0.4 is 5.56 Å². The summed E-state index contributed by atoms with van der Waals surface area (Å²) >= 11 is 6.23. The molecule has 0 fully saturated rings. The summed E-state index contributed by atoms with van der Waals surface area (Å²) in [6, 6.07) is 15.4. The third kappa shape index (κ3) is 2.00. The van der Waals surface area contributed by atoms with Crippen molar-refractivity contribution in [3.8, 4) is 0 Å². The van der Waals surface area contributed by atoms with Crippen LogP contribution in [0.3, 0.4) is 0 Å². The first-order chi connectivity index (χ1) is 10.7. The van der Waals surface area contributed by atoms with Crippen LogP contribution in [-0.2, 0) is 6.54 Å². The summed E-state index contributed by atoms with van der Waals surface area (Å²) in [5.74, 6) is 0. The highest BCUT2D eigenvalue weighted by molar-refractivity contribution is 6.37. The summed E-state index contributed by atoms with van der Waals surface area (Å²) < 4.78 is 1.60. The lowest BCUT2D eigenvalue weighted by molar-refractivity contribution is 0.747.